The van der Waals surface area contributed by atoms with Crippen molar-refractivity contribution in [3.63, 3.8) is 0 Å². The Morgan fingerprint density at radius 1 is 0.393 bits per heavy atom. The lowest BCUT2D eigenvalue weighted by atomic mass is 9.96. The van der Waals surface area contributed by atoms with Gasteiger partial charge in [-0.25, -0.2) is 9.97 Å². The van der Waals surface area contributed by atoms with Crippen LogP contribution in [0.15, 0.2) is 200 Å². The second-order valence-electron chi connectivity index (χ2n) is 14.2. The third-order valence-corrected chi connectivity index (χ3v) is 12.0. The maximum Gasteiger partial charge on any atom is 0.160 e. The molecule has 11 aromatic rings. The average molecular weight is 732 g/mol. The van der Waals surface area contributed by atoms with E-state index in [1.54, 1.807) is 11.3 Å². The summed E-state index contributed by atoms with van der Waals surface area (Å²) in [6.45, 7) is 0. The van der Waals surface area contributed by atoms with Gasteiger partial charge >= 0.3 is 0 Å². The molecule has 0 aliphatic carbocycles. The molecule has 0 bridgehead atoms. The Morgan fingerprint density at radius 2 is 0.982 bits per heavy atom. The zero-order valence-electron chi connectivity index (χ0n) is 30.3. The van der Waals surface area contributed by atoms with Gasteiger partial charge in [0.2, 0.25) is 0 Å². The van der Waals surface area contributed by atoms with E-state index in [2.05, 4.69) is 199 Å². The largest absolute Gasteiger partial charge is 0.309 e. The number of aromatic nitrogens is 3. The first kappa shape index (κ1) is 32.3. The predicted octanol–water partition coefficient (Wildman–Crippen LogP) is 14.3. The second kappa shape index (κ2) is 13.3. The molecule has 0 radical (unpaired) electrons. The maximum atomic E-state index is 5.29. The van der Waals surface area contributed by atoms with Gasteiger partial charge < -0.3 is 4.57 Å². The zero-order valence-corrected chi connectivity index (χ0v) is 31.1. The highest BCUT2D eigenvalue weighted by Crippen LogP contribution is 2.43. The van der Waals surface area contributed by atoms with E-state index in [1.165, 1.54) is 48.8 Å². The number of rotatable bonds is 6. The summed E-state index contributed by atoms with van der Waals surface area (Å²) in [4.78, 5) is 10.6. The molecule has 0 unspecified atom stereocenters. The van der Waals surface area contributed by atoms with E-state index >= 15 is 0 Å². The Hall–Kier alpha value is -7.14. The molecule has 0 atom stereocenters. The molecule has 56 heavy (non-hydrogen) atoms. The van der Waals surface area contributed by atoms with Gasteiger partial charge in [-0.3, -0.25) is 0 Å². The topological polar surface area (TPSA) is 30.7 Å². The molecule has 4 heteroatoms. The van der Waals surface area contributed by atoms with Crippen molar-refractivity contribution in [1.29, 1.82) is 0 Å². The smallest absolute Gasteiger partial charge is 0.160 e. The van der Waals surface area contributed by atoms with Crippen molar-refractivity contribution < 1.29 is 0 Å². The van der Waals surface area contributed by atoms with Crippen LogP contribution >= 0.6 is 11.3 Å². The minimum atomic E-state index is 0.729. The first-order valence-electron chi connectivity index (χ1n) is 18.9. The van der Waals surface area contributed by atoms with Gasteiger partial charge in [-0.1, -0.05) is 158 Å². The number of fused-ring (bicyclic) bond motifs is 6. The molecule has 0 saturated carbocycles. The highest BCUT2D eigenvalue weighted by molar-refractivity contribution is 7.26. The average Bonchev–Trinajstić information content (AvgIpc) is 3.83. The van der Waals surface area contributed by atoms with E-state index in [4.69, 9.17) is 9.97 Å². The summed E-state index contributed by atoms with van der Waals surface area (Å²) in [5.41, 5.74) is 14.6. The fourth-order valence-electron chi connectivity index (χ4n) is 8.17. The molecular formula is C52H33N3S. The first-order chi connectivity index (χ1) is 27.8. The summed E-state index contributed by atoms with van der Waals surface area (Å²) in [5.74, 6) is 0.729. The summed E-state index contributed by atoms with van der Waals surface area (Å²) in [7, 11) is 0. The third kappa shape index (κ3) is 5.42. The molecule has 0 amide bonds. The van der Waals surface area contributed by atoms with Gasteiger partial charge in [-0.05, 0) is 70.3 Å². The fourth-order valence-corrected chi connectivity index (χ4v) is 9.31. The molecule has 0 aliphatic rings. The molecule has 3 aromatic heterocycles. The van der Waals surface area contributed by atoms with Crippen LogP contribution in [0.4, 0.5) is 0 Å². The van der Waals surface area contributed by atoms with Gasteiger partial charge in [0.1, 0.15) is 0 Å². The van der Waals surface area contributed by atoms with Crippen LogP contribution in [0.1, 0.15) is 0 Å². The van der Waals surface area contributed by atoms with Crippen LogP contribution in [0.25, 0.3) is 104 Å². The van der Waals surface area contributed by atoms with Crippen molar-refractivity contribution in [3.8, 4) is 61.7 Å². The zero-order chi connectivity index (χ0) is 37.0. The minimum Gasteiger partial charge on any atom is -0.309 e. The molecule has 11 rings (SSSR count). The summed E-state index contributed by atoms with van der Waals surface area (Å²) in [6, 6.07) is 71.5. The van der Waals surface area contributed by atoms with Crippen molar-refractivity contribution in [1.82, 2.24) is 14.5 Å². The van der Waals surface area contributed by atoms with Gasteiger partial charge in [0.05, 0.1) is 26.9 Å². The van der Waals surface area contributed by atoms with Gasteiger partial charge in [-0.15, -0.1) is 11.3 Å². The molecule has 8 aromatic carbocycles. The van der Waals surface area contributed by atoms with Gasteiger partial charge in [-0.2, -0.15) is 0 Å². The molecule has 0 spiro atoms. The van der Waals surface area contributed by atoms with Crippen LogP contribution in [0.3, 0.4) is 0 Å². The Labute approximate surface area is 328 Å². The van der Waals surface area contributed by atoms with Crippen LogP contribution in [0.2, 0.25) is 0 Å². The van der Waals surface area contributed by atoms with E-state index in [0.717, 1.165) is 55.1 Å². The number of thiophene rings is 1. The lowest BCUT2D eigenvalue weighted by Crippen LogP contribution is -1.95. The van der Waals surface area contributed by atoms with Gasteiger partial charge in [0, 0.05) is 43.2 Å². The van der Waals surface area contributed by atoms with E-state index in [-0.39, 0.29) is 0 Å². The van der Waals surface area contributed by atoms with E-state index in [9.17, 15) is 0 Å². The Morgan fingerprint density at radius 3 is 1.79 bits per heavy atom. The quantitative estimate of drug-likeness (QED) is 0.170. The summed E-state index contributed by atoms with van der Waals surface area (Å²) in [5, 5.41) is 3.64. The van der Waals surface area contributed by atoms with Gasteiger partial charge in [0.25, 0.3) is 0 Å². The van der Waals surface area contributed by atoms with Crippen LogP contribution in [0, 0.1) is 0 Å². The van der Waals surface area contributed by atoms with Crippen molar-refractivity contribution >= 4 is 53.4 Å². The molecule has 0 N–H and O–H groups in total. The van der Waals surface area contributed by atoms with Crippen LogP contribution in [0.5, 0.6) is 0 Å². The normalized spacial score (nSPS) is 11.6. The number of benzene rings is 8. The van der Waals surface area contributed by atoms with Crippen molar-refractivity contribution in [2.75, 3.05) is 0 Å². The molecule has 3 heterocycles. The molecule has 262 valence electrons. The van der Waals surface area contributed by atoms with E-state index in [0.29, 0.717) is 0 Å². The molecule has 3 nitrogen and oxygen atoms in total. The Bertz CT molecular complexity index is 3240. The van der Waals surface area contributed by atoms with Crippen LogP contribution in [-0.4, -0.2) is 14.5 Å². The van der Waals surface area contributed by atoms with Crippen molar-refractivity contribution in [2.24, 2.45) is 0 Å². The summed E-state index contributed by atoms with van der Waals surface area (Å²) >= 11 is 1.77. The number of para-hydroxylation sites is 3. The highest BCUT2D eigenvalue weighted by Gasteiger charge is 2.19. The monoisotopic (exact) mass is 731 g/mol. The predicted molar refractivity (Wildman–Crippen MR) is 236 cm³/mol. The number of nitrogens with zero attached hydrogens (tertiary/aromatic N) is 3. The molecular weight excluding hydrogens is 699 g/mol. The lowest BCUT2D eigenvalue weighted by Gasteiger charge is -2.12. The number of hydrogen-bond acceptors (Lipinski definition) is 3. The maximum absolute atomic E-state index is 5.29. The summed E-state index contributed by atoms with van der Waals surface area (Å²) in [6.07, 6.45) is 0. The summed E-state index contributed by atoms with van der Waals surface area (Å²) < 4.78 is 4.70. The van der Waals surface area contributed by atoms with Crippen LogP contribution < -0.4 is 0 Å². The van der Waals surface area contributed by atoms with Crippen molar-refractivity contribution in [2.45, 2.75) is 0 Å². The highest BCUT2D eigenvalue weighted by atomic mass is 32.1. The molecule has 0 fully saturated rings. The second-order valence-corrected chi connectivity index (χ2v) is 15.2. The SMILES string of the molecule is c1ccc(-c2cccc(-c3nc(-c4ccccc4)nc4c3sc3ccc(-c5cccc(-c6cccc7c8ccccc8n(-c8ccccc8)c67)c5)cc34)c2)cc1. The van der Waals surface area contributed by atoms with E-state index in [1.807, 2.05) is 6.07 Å². The standard InChI is InChI=1S/C52H33N3S/c1-4-15-34(16-5-1)36-19-13-22-40(32-36)48-51-49(54-52(53-48)35-17-6-2-7-18-35)45-33-38(29-30-47(45)56-51)37-20-12-21-39(31-37)42-26-14-27-44-43-25-10-11-28-46(43)55(50(42)44)41-23-8-3-9-24-41/h1-33H. The molecule has 0 saturated heterocycles. The van der Waals surface area contributed by atoms with E-state index < -0.39 is 0 Å². The Balaban J connectivity index is 1.08. The van der Waals surface area contributed by atoms with Crippen LogP contribution in [-0.2, 0) is 0 Å². The molecule has 0 aliphatic heterocycles. The minimum absolute atomic E-state index is 0.729. The fraction of sp³-hybridized carbons (Fsp3) is 0. The Kier molecular flexibility index (Phi) is 7.68. The third-order valence-electron chi connectivity index (χ3n) is 10.8. The first-order valence-corrected chi connectivity index (χ1v) is 19.7. The number of hydrogen-bond donors (Lipinski definition) is 0. The lowest BCUT2D eigenvalue weighted by molar-refractivity contribution is 1.18. The van der Waals surface area contributed by atoms with Gasteiger partial charge in [0.15, 0.2) is 5.82 Å². The van der Waals surface area contributed by atoms with Crippen molar-refractivity contribution in [3.05, 3.63) is 200 Å².